The number of carbonyl (C=O) groups excluding carboxylic acids is 1. The van der Waals surface area contributed by atoms with Gasteiger partial charge in [0.05, 0.1) is 18.0 Å². The van der Waals surface area contributed by atoms with Crippen molar-refractivity contribution in [2.75, 3.05) is 44.0 Å². The van der Waals surface area contributed by atoms with Crippen molar-refractivity contribution in [1.82, 2.24) is 14.9 Å². The predicted molar refractivity (Wildman–Crippen MR) is 168 cm³/mol. The number of halogens is 3. The van der Waals surface area contributed by atoms with E-state index < -0.39 is 23.5 Å². The second-order valence-electron chi connectivity index (χ2n) is 11.5. The van der Waals surface area contributed by atoms with E-state index in [2.05, 4.69) is 27.2 Å². The highest BCUT2D eigenvalue weighted by Crippen LogP contribution is 2.31. The lowest BCUT2D eigenvalue weighted by Crippen LogP contribution is -2.34. The number of ether oxygens (including phenoxy) is 2. The third kappa shape index (κ3) is 7.54. The smallest absolute Gasteiger partial charge is 0.420 e. The summed E-state index contributed by atoms with van der Waals surface area (Å²) in [6.45, 7) is 8.35. The molecular weight excluding hydrogens is 583 g/mol. The Morgan fingerprint density at radius 1 is 1.00 bits per heavy atom. The fourth-order valence-electron chi connectivity index (χ4n) is 5.35. The average molecular weight is 620 g/mol. The van der Waals surface area contributed by atoms with Gasteiger partial charge in [-0.15, -0.1) is 0 Å². The molecule has 1 atom stereocenters. The number of anilines is 3. The number of rotatable bonds is 8. The summed E-state index contributed by atoms with van der Waals surface area (Å²) in [5.41, 5.74) is 4.39. The van der Waals surface area contributed by atoms with Gasteiger partial charge in [0.15, 0.2) is 11.6 Å². The third-order valence-electron chi connectivity index (χ3n) is 8.16. The zero-order valence-corrected chi connectivity index (χ0v) is 26.0. The fourth-order valence-corrected chi connectivity index (χ4v) is 5.35. The van der Waals surface area contributed by atoms with E-state index in [1.807, 2.05) is 32.9 Å². The maximum atomic E-state index is 15.1. The first-order valence-corrected chi connectivity index (χ1v) is 14.7. The van der Waals surface area contributed by atoms with E-state index in [0.717, 1.165) is 71.3 Å². The number of likely N-dealkylation sites (tertiary alicyclic amines) is 1. The van der Waals surface area contributed by atoms with Gasteiger partial charge in [-0.3, -0.25) is 4.90 Å². The van der Waals surface area contributed by atoms with Crippen molar-refractivity contribution in [3.63, 3.8) is 0 Å². The van der Waals surface area contributed by atoms with Crippen molar-refractivity contribution in [2.45, 2.75) is 33.6 Å². The van der Waals surface area contributed by atoms with Gasteiger partial charge in [-0.2, -0.15) is 4.98 Å². The fraction of sp³-hybridized carbons (Fsp3) is 0.324. The molecule has 4 aromatic rings. The van der Waals surface area contributed by atoms with Gasteiger partial charge >= 0.3 is 6.09 Å². The molecule has 236 valence electrons. The molecule has 1 unspecified atom stereocenters. The van der Waals surface area contributed by atoms with Crippen LogP contribution in [0.3, 0.4) is 0 Å². The molecule has 8 nitrogen and oxygen atoms in total. The molecule has 0 radical (unpaired) electrons. The molecule has 1 amide bonds. The maximum absolute atomic E-state index is 15.1. The van der Waals surface area contributed by atoms with Crippen molar-refractivity contribution in [2.24, 2.45) is 5.92 Å². The number of aromatic nitrogens is 2. The minimum Gasteiger partial charge on any atom is -0.490 e. The van der Waals surface area contributed by atoms with Crippen molar-refractivity contribution < 1.29 is 27.4 Å². The Morgan fingerprint density at radius 3 is 2.56 bits per heavy atom. The number of aryl methyl sites for hydroxylation is 1. The molecule has 1 aromatic heterocycles. The number of piperidine rings is 1. The second kappa shape index (κ2) is 13.6. The normalized spacial score (nSPS) is 15.1. The summed E-state index contributed by atoms with van der Waals surface area (Å²) in [7, 11) is 3.33. The van der Waals surface area contributed by atoms with Gasteiger partial charge in [-0.05, 0) is 88.2 Å². The van der Waals surface area contributed by atoms with Crippen molar-refractivity contribution in [3.05, 3.63) is 88.7 Å². The van der Waals surface area contributed by atoms with E-state index >= 15 is 4.39 Å². The summed E-state index contributed by atoms with van der Waals surface area (Å²) >= 11 is 0. The highest BCUT2D eigenvalue weighted by molar-refractivity contribution is 5.88. The van der Waals surface area contributed by atoms with Crippen LogP contribution in [0.25, 0.3) is 11.3 Å². The Balaban J connectivity index is 1.41. The minimum atomic E-state index is -0.997. The van der Waals surface area contributed by atoms with E-state index in [1.165, 1.54) is 19.2 Å². The summed E-state index contributed by atoms with van der Waals surface area (Å²) < 4.78 is 54.5. The summed E-state index contributed by atoms with van der Waals surface area (Å²) in [5, 5.41) is 2.99. The molecule has 45 heavy (non-hydrogen) atoms. The van der Waals surface area contributed by atoms with Crippen LogP contribution in [0.2, 0.25) is 0 Å². The molecule has 1 saturated heterocycles. The van der Waals surface area contributed by atoms with Crippen LogP contribution in [-0.4, -0.2) is 54.8 Å². The van der Waals surface area contributed by atoms with Crippen LogP contribution in [0.5, 0.6) is 11.6 Å². The Morgan fingerprint density at radius 2 is 1.80 bits per heavy atom. The third-order valence-corrected chi connectivity index (χ3v) is 8.16. The predicted octanol–water partition coefficient (Wildman–Crippen LogP) is 7.59. The Bertz CT molecular complexity index is 1720. The molecular formula is C34H36F3N5O3. The second-order valence-corrected chi connectivity index (χ2v) is 11.5. The highest BCUT2D eigenvalue weighted by atomic mass is 19.1. The van der Waals surface area contributed by atoms with Crippen molar-refractivity contribution in [1.29, 1.82) is 0 Å². The van der Waals surface area contributed by atoms with Gasteiger partial charge in [0.1, 0.15) is 11.6 Å². The lowest BCUT2D eigenvalue weighted by molar-refractivity contribution is 0.147. The van der Waals surface area contributed by atoms with Crippen molar-refractivity contribution >= 4 is 23.4 Å². The number of nitrogens with one attached hydrogen (secondary N) is 1. The molecule has 3 aromatic carbocycles. The van der Waals surface area contributed by atoms with Crippen LogP contribution < -0.4 is 19.7 Å². The molecule has 5 rings (SSSR count). The molecule has 1 aliphatic rings. The Kier molecular flexibility index (Phi) is 9.57. The zero-order chi connectivity index (χ0) is 32.2. The van der Waals surface area contributed by atoms with E-state index in [0.29, 0.717) is 23.9 Å². The van der Waals surface area contributed by atoms with Crippen LogP contribution in [0.15, 0.2) is 54.6 Å². The Labute approximate surface area is 260 Å². The molecule has 0 saturated carbocycles. The van der Waals surface area contributed by atoms with Crippen molar-refractivity contribution in [3.8, 4) is 22.9 Å². The van der Waals surface area contributed by atoms with Gasteiger partial charge in [0.25, 0.3) is 0 Å². The molecule has 0 aliphatic carbocycles. The van der Waals surface area contributed by atoms with Crippen LogP contribution in [-0.2, 0) is 0 Å². The van der Waals surface area contributed by atoms with Gasteiger partial charge < -0.3 is 19.7 Å². The molecule has 0 spiro atoms. The first-order chi connectivity index (χ1) is 21.5. The van der Waals surface area contributed by atoms with E-state index in [1.54, 1.807) is 12.1 Å². The van der Waals surface area contributed by atoms with E-state index in [4.69, 9.17) is 9.47 Å². The summed E-state index contributed by atoms with van der Waals surface area (Å²) in [6.07, 6.45) is 1.13. The average Bonchev–Trinajstić information content (AvgIpc) is 3.00. The number of amides is 1. The maximum Gasteiger partial charge on any atom is 0.420 e. The summed E-state index contributed by atoms with van der Waals surface area (Å²) in [5.74, 6) is -1.68. The lowest BCUT2D eigenvalue weighted by Gasteiger charge is -2.29. The molecule has 2 heterocycles. The van der Waals surface area contributed by atoms with Gasteiger partial charge in [-0.25, -0.2) is 22.9 Å². The zero-order valence-electron chi connectivity index (χ0n) is 26.0. The highest BCUT2D eigenvalue weighted by Gasteiger charge is 2.21. The number of hydrogen-bond acceptors (Lipinski definition) is 7. The standard InChI is InChI=1S/C34H36F3N5O3/c1-20-8-11-26(22(3)21(20)2)29-17-32(45-34(43)42(5)30-15-24(35)9-12-27(30)36)40-33(39-29)38-25-10-13-31(28(37)16-25)44-19-23-7-6-14-41(4)18-23/h8-13,15-17,23H,6-7,14,18-19H2,1-5H3,(H,38,39,40). The van der Waals surface area contributed by atoms with Crippen LogP contribution in [0.4, 0.5) is 35.3 Å². The summed E-state index contributed by atoms with van der Waals surface area (Å²) in [6, 6.07) is 12.6. The molecule has 1 N–H and O–H groups in total. The first-order valence-electron chi connectivity index (χ1n) is 14.7. The number of benzene rings is 3. The van der Waals surface area contributed by atoms with Gasteiger partial charge in [0, 0.05) is 49.0 Å². The molecule has 0 bridgehead atoms. The first kappa shape index (κ1) is 31.8. The molecule has 1 aliphatic heterocycles. The van der Waals surface area contributed by atoms with E-state index in [-0.39, 0.29) is 23.3 Å². The minimum absolute atomic E-state index is 0.0332. The monoisotopic (exact) mass is 619 g/mol. The molecule has 11 heteroatoms. The van der Waals surface area contributed by atoms with Crippen LogP contribution >= 0.6 is 0 Å². The Hall–Kier alpha value is -4.64. The van der Waals surface area contributed by atoms with Gasteiger partial charge in [0.2, 0.25) is 11.8 Å². The largest absolute Gasteiger partial charge is 0.490 e. The number of carbonyl (C=O) groups is 1. The number of nitrogens with zero attached hydrogens (tertiary/aromatic N) is 4. The lowest BCUT2D eigenvalue weighted by atomic mass is 9.97. The van der Waals surface area contributed by atoms with Crippen LogP contribution in [0.1, 0.15) is 29.5 Å². The number of hydrogen-bond donors (Lipinski definition) is 1. The van der Waals surface area contributed by atoms with Crippen LogP contribution in [0, 0.1) is 44.1 Å². The summed E-state index contributed by atoms with van der Waals surface area (Å²) in [4.78, 5) is 25.0. The van der Waals surface area contributed by atoms with Gasteiger partial charge in [-0.1, -0.05) is 12.1 Å². The topological polar surface area (TPSA) is 79.8 Å². The SMILES string of the molecule is Cc1ccc(-c2cc(OC(=O)N(C)c3cc(F)ccc3F)nc(Nc3ccc(OCC4CCCN(C)C4)c(F)c3)n2)c(C)c1C. The quantitative estimate of drug-likeness (QED) is 0.218. The van der Waals surface area contributed by atoms with E-state index in [9.17, 15) is 13.6 Å². The molecule has 1 fully saturated rings.